The van der Waals surface area contributed by atoms with Crippen LogP contribution in [0.15, 0.2) is 23.3 Å². The van der Waals surface area contributed by atoms with Crippen molar-refractivity contribution in [2.24, 2.45) is 16.9 Å². The highest BCUT2D eigenvalue weighted by atomic mass is 35.5. The fraction of sp³-hybridized carbons (Fsp3) is 0.556. The zero-order valence-corrected chi connectivity index (χ0v) is 14.3. The molecule has 23 heavy (non-hydrogen) atoms. The van der Waals surface area contributed by atoms with Gasteiger partial charge in [-0.3, -0.25) is 10.4 Å². The highest BCUT2D eigenvalue weighted by Gasteiger charge is 2.29. The van der Waals surface area contributed by atoms with Gasteiger partial charge >= 0.3 is 0 Å². The molecule has 5 heteroatoms. The van der Waals surface area contributed by atoms with E-state index in [1.54, 1.807) is 11.1 Å². The SMILES string of the molecule is CC1CN(C(=N)CC2CCCCC2)N=C1c1cccc(Cl)c1O. The summed E-state index contributed by atoms with van der Waals surface area (Å²) in [6.07, 6.45) is 7.19. The second-order valence-electron chi connectivity index (χ2n) is 6.76. The Morgan fingerprint density at radius 1 is 1.35 bits per heavy atom. The molecule has 2 aliphatic rings. The summed E-state index contributed by atoms with van der Waals surface area (Å²) in [5.74, 6) is 1.48. The van der Waals surface area contributed by atoms with E-state index in [2.05, 4.69) is 12.0 Å². The molecule has 1 heterocycles. The summed E-state index contributed by atoms with van der Waals surface area (Å²) in [5, 5.41) is 25.3. The molecule has 1 aliphatic heterocycles. The molecule has 1 fully saturated rings. The minimum absolute atomic E-state index is 0.0837. The van der Waals surface area contributed by atoms with Gasteiger partial charge in [0.25, 0.3) is 0 Å². The van der Waals surface area contributed by atoms with Gasteiger partial charge in [-0.15, -0.1) is 0 Å². The van der Waals surface area contributed by atoms with Crippen molar-refractivity contribution in [3.8, 4) is 5.75 Å². The predicted octanol–water partition coefficient (Wildman–Crippen LogP) is 4.65. The highest BCUT2D eigenvalue weighted by Crippen LogP contribution is 2.32. The lowest BCUT2D eigenvalue weighted by Crippen LogP contribution is -2.27. The maximum Gasteiger partial charge on any atom is 0.143 e. The van der Waals surface area contributed by atoms with Crippen molar-refractivity contribution in [1.82, 2.24) is 5.01 Å². The molecule has 1 aromatic rings. The maximum atomic E-state index is 10.2. The monoisotopic (exact) mass is 333 g/mol. The number of hydrogen-bond acceptors (Lipinski definition) is 3. The summed E-state index contributed by atoms with van der Waals surface area (Å²) in [4.78, 5) is 0. The molecule has 1 aliphatic carbocycles. The van der Waals surface area contributed by atoms with E-state index in [4.69, 9.17) is 17.0 Å². The van der Waals surface area contributed by atoms with Gasteiger partial charge in [-0.2, -0.15) is 5.10 Å². The molecule has 2 N–H and O–H groups in total. The zero-order chi connectivity index (χ0) is 16.4. The third-order valence-electron chi connectivity index (χ3n) is 4.92. The Bertz CT molecular complexity index is 623. The van der Waals surface area contributed by atoms with Crippen LogP contribution >= 0.6 is 11.6 Å². The second-order valence-corrected chi connectivity index (χ2v) is 7.17. The first-order chi connectivity index (χ1) is 11.1. The Morgan fingerprint density at radius 3 is 2.83 bits per heavy atom. The average molecular weight is 334 g/mol. The van der Waals surface area contributed by atoms with Crippen LogP contribution in [0.2, 0.25) is 5.02 Å². The van der Waals surface area contributed by atoms with Crippen molar-refractivity contribution in [3.63, 3.8) is 0 Å². The first-order valence-electron chi connectivity index (χ1n) is 8.47. The van der Waals surface area contributed by atoms with Gasteiger partial charge in [0.05, 0.1) is 17.3 Å². The largest absolute Gasteiger partial charge is 0.506 e. The van der Waals surface area contributed by atoms with E-state index < -0.39 is 0 Å². The fourth-order valence-electron chi connectivity index (χ4n) is 3.60. The van der Waals surface area contributed by atoms with E-state index >= 15 is 0 Å². The number of nitrogens with zero attached hydrogens (tertiary/aromatic N) is 2. The van der Waals surface area contributed by atoms with Crippen LogP contribution in [0.5, 0.6) is 5.75 Å². The number of benzene rings is 1. The standard InChI is InChI=1S/C18H24ClN3O/c1-12-11-22(16(20)10-13-6-3-2-4-7-13)21-17(12)14-8-5-9-15(19)18(14)23/h5,8-9,12-13,20,23H,2-4,6-7,10-11H2,1H3. The summed E-state index contributed by atoms with van der Waals surface area (Å²) in [5.41, 5.74) is 1.50. The molecule has 3 rings (SSSR count). The number of phenols is 1. The van der Waals surface area contributed by atoms with Crippen molar-refractivity contribution < 1.29 is 5.11 Å². The Kier molecular flexibility index (Phi) is 4.90. The Labute approximate surface area is 142 Å². The third-order valence-corrected chi connectivity index (χ3v) is 5.23. The van der Waals surface area contributed by atoms with Crippen LogP contribution in [-0.4, -0.2) is 28.2 Å². The quantitative estimate of drug-likeness (QED) is 0.624. The van der Waals surface area contributed by atoms with Gasteiger partial charge in [0.15, 0.2) is 0 Å². The van der Waals surface area contributed by atoms with Gasteiger partial charge in [0.2, 0.25) is 0 Å². The maximum absolute atomic E-state index is 10.2. The van der Waals surface area contributed by atoms with E-state index in [9.17, 15) is 5.11 Å². The third kappa shape index (κ3) is 3.52. The van der Waals surface area contributed by atoms with Crippen LogP contribution in [0.25, 0.3) is 0 Å². The number of amidine groups is 1. The molecule has 0 bridgehead atoms. The molecule has 0 radical (unpaired) electrons. The van der Waals surface area contributed by atoms with E-state index in [-0.39, 0.29) is 11.7 Å². The minimum Gasteiger partial charge on any atom is -0.506 e. The lowest BCUT2D eigenvalue weighted by molar-refractivity contribution is 0.348. The lowest BCUT2D eigenvalue weighted by atomic mass is 9.86. The van der Waals surface area contributed by atoms with Gasteiger partial charge in [0.1, 0.15) is 11.6 Å². The predicted molar refractivity (Wildman–Crippen MR) is 94.4 cm³/mol. The molecule has 124 valence electrons. The van der Waals surface area contributed by atoms with Crippen LogP contribution in [0.3, 0.4) is 0 Å². The van der Waals surface area contributed by atoms with Crippen molar-refractivity contribution in [2.45, 2.75) is 45.4 Å². The molecule has 1 aromatic carbocycles. The molecular weight excluding hydrogens is 310 g/mol. The topological polar surface area (TPSA) is 59.7 Å². The second kappa shape index (κ2) is 6.91. The van der Waals surface area contributed by atoms with Crippen LogP contribution < -0.4 is 0 Å². The van der Waals surface area contributed by atoms with E-state index in [1.165, 1.54) is 32.1 Å². The number of hydrogen-bond donors (Lipinski definition) is 2. The number of nitrogens with one attached hydrogen (secondary N) is 1. The molecule has 0 aromatic heterocycles. The number of rotatable bonds is 3. The van der Waals surface area contributed by atoms with E-state index in [0.717, 1.165) is 12.1 Å². The van der Waals surface area contributed by atoms with E-state index in [1.807, 2.05) is 12.1 Å². The van der Waals surface area contributed by atoms with Crippen molar-refractivity contribution in [1.29, 1.82) is 5.41 Å². The first kappa shape index (κ1) is 16.3. The fourth-order valence-corrected chi connectivity index (χ4v) is 3.77. The van der Waals surface area contributed by atoms with Gasteiger partial charge in [-0.25, -0.2) is 0 Å². The molecular formula is C18H24ClN3O. The first-order valence-corrected chi connectivity index (χ1v) is 8.85. The van der Waals surface area contributed by atoms with Crippen LogP contribution in [0.1, 0.15) is 51.0 Å². The summed E-state index contributed by atoms with van der Waals surface area (Å²) in [6, 6.07) is 5.33. The number of phenolic OH excluding ortho intramolecular Hbond substituents is 1. The van der Waals surface area contributed by atoms with Crippen LogP contribution in [0, 0.1) is 17.2 Å². The average Bonchev–Trinajstić information content (AvgIpc) is 2.93. The van der Waals surface area contributed by atoms with Crippen molar-refractivity contribution in [3.05, 3.63) is 28.8 Å². The summed E-state index contributed by atoms with van der Waals surface area (Å²) >= 11 is 6.01. The van der Waals surface area contributed by atoms with Gasteiger partial charge < -0.3 is 5.11 Å². The molecule has 0 amide bonds. The van der Waals surface area contributed by atoms with Crippen molar-refractivity contribution >= 4 is 23.1 Å². The molecule has 0 saturated heterocycles. The number of aromatic hydroxyl groups is 1. The van der Waals surface area contributed by atoms with Crippen LogP contribution in [0.4, 0.5) is 0 Å². The normalized spacial score (nSPS) is 22.3. The number of para-hydroxylation sites is 1. The van der Waals surface area contributed by atoms with Gasteiger partial charge in [0, 0.05) is 17.9 Å². The molecule has 0 spiro atoms. The van der Waals surface area contributed by atoms with Crippen molar-refractivity contribution in [2.75, 3.05) is 6.54 Å². The summed E-state index contributed by atoms with van der Waals surface area (Å²) in [6.45, 7) is 2.78. The Hall–Kier alpha value is -1.55. The zero-order valence-electron chi connectivity index (χ0n) is 13.6. The molecule has 1 atom stereocenters. The smallest absolute Gasteiger partial charge is 0.143 e. The lowest BCUT2D eigenvalue weighted by Gasteiger charge is -2.24. The number of halogens is 1. The molecule has 1 saturated carbocycles. The Balaban J connectivity index is 1.74. The summed E-state index contributed by atoms with van der Waals surface area (Å²) < 4.78 is 0. The Morgan fingerprint density at radius 2 is 2.09 bits per heavy atom. The molecule has 1 unspecified atom stereocenters. The van der Waals surface area contributed by atoms with Crippen LogP contribution in [-0.2, 0) is 0 Å². The number of hydrazone groups is 1. The summed E-state index contributed by atoms with van der Waals surface area (Å²) in [7, 11) is 0. The minimum atomic E-state index is 0.0837. The van der Waals surface area contributed by atoms with Gasteiger partial charge in [-0.1, -0.05) is 56.7 Å². The van der Waals surface area contributed by atoms with Gasteiger partial charge in [-0.05, 0) is 18.1 Å². The van der Waals surface area contributed by atoms with E-state index in [0.29, 0.717) is 28.9 Å². The highest BCUT2D eigenvalue weighted by molar-refractivity contribution is 6.32. The molecule has 4 nitrogen and oxygen atoms in total.